The maximum Gasteiger partial charge on any atom is 0.477 e. The van der Waals surface area contributed by atoms with E-state index in [-0.39, 0.29) is 48.3 Å². The zero-order valence-electron chi connectivity index (χ0n) is 18.7. The summed E-state index contributed by atoms with van der Waals surface area (Å²) in [6, 6.07) is 1.21. The van der Waals surface area contributed by atoms with Crippen LogP contribution >= 0.6 is 7.82 Å². The Bertz CT molecular complexity index is 1090. The van der Waals surface area contributed by atoms with Gasteiger partial charge in [0, 0.05) is 18.9 Å². The summed E-state index contributed by atoms with van der Waals surface area (Å²) in [7, 11) is -3.95. The molecule has 4 heterocycles. The van der Waals surface area contributed by atoms with Crippen LogP contribution in [0.25, 0.3) is 0 Å². The molecule has 1 aliphatic carbocycles. The maximum atomic E-state index is 13.4. The van der Waals surface area contributed by atoms with E-state index < -0.39 is 32.0 Å². The Morgan fingerprint density at radius 2 is 2.03 bits per heavy atom. The molecule has 0 aromatic heterocycles. The third kappa shape index (κ3) is 3.48. The molecule has 1 aromatic carbocycles. The van der Waals surface area contributed by atoms with Gasteiger partial charge in [-0.2, -0.15) is 0 Å². The summed E-state index contributed by atoms with van der Waals surface area (Å²) in [5, 5.41) is 13.6. The SMILES string of the molecule is C[C@H]1CC2c3cc4c(c(O)c3C(=O)N[C@H]2[C@@H]2OP(=O)(OCN3CCCCCC3=O)O[C@@H]21)OCO4. The van der Waals surface area contributed by atoms with Gasteiger partial charge >= 0.3 is 7.82 Å². The molecule has 0 spiro atoms. The lowest BCUT2D eigenvalue weighted by molar-refractivity contribution is -0.133. The van der Waals surface area contributed by atoms with Crippen LogP contribution in [0.1, 0.15) is 60.9 Å². The highest BCUT2D eigenvalue weighted by Crippen LogP contribution is 2.63. The Kier molecular flexibility index (Phi) is 5.29. The lowest BCUT2D eigenvalue weighted by Gasteiger charge is -2.44. The molecule has 2 saturated heterocycles. The van der Waals surface area contributed by atoms with Crippen LogP contribution in [0.5, 0.6) is 17.2 Å². The van der Waals surface area contributed by atoms with Gasteiger partial charge in [0.25, 0.3) is 5.91 Å². The van der Waals surface area contributed by atoms with E-state index >= 15 is 0 Å². The van der Waals surface area contributed by atoms with Crippen molar-refractivity contribution in [2.45, 2.75) is 63.2 Å². The summed E-state index contributed by atoms with van der Waals surface area (Å²) in [5.41, 5.74) is 0.802. The number of likely N-dealkylation sites (tertiary alicyclic amines) is 1. The fourth-order valence-electron chi connectivity index (χ4n) is 5.73. The number of nitrogens with zero attached hydrogens (tertiary/aromatic N) is 1. The monoisotopic (exact) mass is 494 g/mol. The number of nitrogens with one attached hydrogen (secondary N) is 1. The van der Waals surface area contributed by atoms with Gasteiger partial charge in [-0.3, -0.25) is 23.2 Å². The highest BCUT2D eigenvalue weighted by atomic mass is 31.2. The molecule has 1 aromatic rings. The molecule has 6 atom stereocenters. The standard InChI is InChI=1S/C22H27N2O9P/c1-11-7-13-12-8-14-20(30-10-29-14)18(26)16(12)22(27)23-17(13)21-19(11)32-34(28,33-21)31-9-24-6-4-2-3-5-15(24)25/h8,11,13,17,19,21,26H,2-7,9-10H2,1H3,(H,23,27)/t11-,13?,17+,19+,21-,34?/m0/s1. The first-order valence-electron chi connectivity index (χ1n) is 11.7. The van der Waals surface area contributed by atoms with Crippen molar-refractivity contribution in [3.63, 3.8) is 0 Å². The Balaban J connectivity index is 1.25. The van der Waals surface area contributed by atoms with Gasteiger partial charge in [0.15, 0.2) is 11.5 Å². The summed E-state index contributed by atoms with van der Waals surface area (Å²) >= 11 is 0. The van der Waals surface area contributed by atoms with E-state index in [0.29, 0.717) is 30.7 Å². The summed E-state index contributed by atoms with van der Waals surface area (Å²) in [5.74, 6) is -0.483. The molecule has 11 nitrogen and oxygen atoms in total. The van der Waals surface area contributed by atoms with E-state index in [1.807, 2.05) is 6.92 Å². The first kappa shape index (κ1) is 22.2. The zero-order chi connectivity index (χ0) is 23.6. The van der Waals surface area contributed by atoms with Gasteiger partial charge in [0.05, 0.1) is 11.6 Å². The van der Waals surface area contributed by atoms with Gasteiger partial charge in [-0.25, -0.2) is 4.57 Å². The number of ether oxygens (including phenoxy) is 2. The second-order valence-electron chi connectivity index (χ2n) is 9.56. The zero-order valence-corrected chi connectivity index (χ0v) is 19.6. The van der Waals surface area contributed by atoms with Crippen LogP contribution in [0.3, 0.4) is 0 Å². The smallest absolute Gasteiger partial charge is 0.477 e. The molecule has 3 fully saturated rings. The Hall–Kier alpha value is -2.33. The van der Waals surface area contributed by atoms with Crippen LogP contribution in [0.2, 0.25) is 0 Å². The van der Waals surface area contributed by atoms with E-state index in [1.165, 1.54) is 4.90 Å². The largest absolute Gasteiger partial charge is 0.504 e. The number of phosphoric ester groups is 1. The summed E-state index contributed by atoms with van der Waals surface area (Å²) in [6.07, 6.45) is 2.46. The lowest BCUT2D eigenvalue weighted by atomic mass is 9.69. The second kappa shape index (κ2) is 8.12. The van der Waals surface area contributed by atoms with Gasteiger partial charge in [-0.15, -0.1) is 0 Å². The van der Waals surface area contributed by atoms with E-state index in [0.717, 1.165) is 19.3 Å². The first-order valence-corrected chi connectivity index (χ1v) is 13.2. The van der Waals surface area contributed by atoms with Gasteiger partial charge in [0.2, 0.25) is 18.4 Å². The third-order valence-corrected chi connectivity index (χ3v) is 8.87. The first-order chi connectivity index (χ1) is 16.3. The Morgan fingerprint density at radius 3 is 2.88 bits per heavy atom. The molecule has 1 saturated carbocycles. The molecule has 34 heavy (non-hydrogen) atoms. The topological polar surface area (TPSA) is 133 Å². The Morgan fingerprint density at radius 1 is 1.21 bits per heavy atom. The average molecular weight is 494 g/mol. The van der Waals surface area contributed by atoms with Crippen molar-refractivity contribution in [1.82, 2.24) is 10.2 Å². The number of rotatable bonds is 3. The number of phenols is 1. The summed E-state index contributed by atoms with van der Waals surface area (Å²) in [6.45, 7) is 2.32. The van der Waals surface area contributed by atoms with Crippen molar-refractivity contribution in [2.75, 3.05) is 20.1 Å². The minimum absolute atomic E-state index is 0.0282. The van der Waals surface area contributed by atoms with E-state index in [2.05, 4.69) is 5.32 Å². The van der Waals surface area contributed by atoms with Crippen LogP contribution in [-0.4, -0.2) is 60.1 Å². The van der Waals surface area contributed by atoms with Gasteiger partial charge < -0.3 is 24.8 Å². The van der Waals surface area contributed by atoms with Crippen molar-refractivity contribution in [1.29, 1.82) is 0 Å². The predicted molar refractivity (Wildman–Crippen MR) is 115 cm³/mol. The Labute approximate surface area is 196 Å². The number of carbonyl (C=O) groups excluding carboxylic acids is 2. The number of hydrogen-bond donors (Lipinski definition) is 2. The molecule has 2 amide bonds. The number of benzene rings is 1. The van der Waals surface area contributed by atoms with E-state index in [1.54, 1.807) is 6.07 Å². The number of hydrogen-bond acceptors (Lipinski definition) is 9. The van der Waals surface area contributed by atoms with E-state index in [9.17, 15) is 19.3 Å². The van der Waals surface area contributed by atoms with Crippen molar-refractivity contribution >= 4 is 19.6 Å². The lowest BCUT2D eigenvalue weighted by Crippen LogP contribution is -2.58. The fourth-order valence-corrected chi connectivity index (χ4v) is 7.36. The second-order valence-corrected chi connectivity index (χ2v) is 11.1. The molecule has 2 N–H and O–H groups in total. The van der Waals surface area contributed by atoms with Crippen LogP contribution in [0.4, 0.5) is 0 Å². The quantitative estimate of drug-likeness (QED) is 0.609. The minimum atomic E-state index is -3.95. The van der Waals surface area contributed by atoms with Gasteiger partial charge in [-0.05, 0) is 36.8 Å². The number of phosphoric acid groups is 1. The maximum absolute atomic E-state index is 13.4. The molecule has 184 valence electrons. The molecule has 5 aliphatic rings. The van der Waals surface area contributed by atoms with Crippen molar-refractivity contribution in [3.05, 3.63) is 17.2 Å². The highest BCUT2D eigenvalue weighted by Gasteiger charge is 2.58. The van der Waals surface area contributed by atoms with Crippen LogP contribution in [0.15, 0.2) is 6.07 Å². The van der Waals surface area contributed by atoms with Crippen molar-refractivity contribution in [3.8, 4) is 17.2 Å². The highest BCUT2D eigenvalue weighted by molar-refractivity contribution is 7.48. The molecular weight excluding hydrogens is 467 g/mol. The molecule has 12 heteroatoms. The van der Waals surface area contributed by atoms with Crippen molar-refractivity contribution < 1.29 is 42.3 Å². The molecular formula is C22H27N2O9P. The number of aromatic hydroxyl groups is 1. The number of phenolic OH excluding ortho intramolecular Hbond substituents is 1. The molecule has 2 unspecified atom stereocenters. The molecule has 0 bridgehead atoms. The average Bonchev–Trinajstić information content (AvgIpc) is 3.36. The van der Waals surface area contributed by atoms with E-state index in [4.69, 9.17) is 23.0 Å². The van der Waals surface area contributed by atoms with Gasteiger partial charge in [-0.1, -0.05) is 13.3 Å². The van der Waals surface area contributed by atoms with Gasteiger partial charge in [0.1, 0.15) is 18.9 Å². The van der Waals surface area contributed by atoms with Crippen LogP contribution < -0.4 is 14.8 Å². The van der Waals surface area contributed by atoms with Crippen LogP contribution in [0, 0.1) is 5.92 Å². The fraction of sp³-hybridized carbons (Fsp3) is 0.636. The van der Waals surface area contributed by atoms with Crippen molar-refractivity contribution in [2.24, 2.45) is 5.92 Å². The summed E-state index contributed by atoms with van der Waals surface area (Å²) < 4.78 is 41.4. The third-order valence-electron chi connectivity index (χ3n) is 7.44. The molecule has 6 rings (SSSR count). The molecule has 0 radical (unpaired) electrons. The number of fused-ring (bicyclic) bond motifs is 6. The molecule has 4 aliphatic heterocycles. The minimum Gasteiger partial charge on any atom is -0.504 e. The summed E-state index contributed by atoms with van der Waals surface area (Å²) in [4.78, 5) is 26.8. The number of carbonyl (C=O) groups is 2. The number of amides is 2. The predicted octanol–water partition coefficient (Wildman–Crippen LogP) is 2.63. The van der Waals surface area contributed by atoms with Crippen LogP contribution in [-0.2, 0) is 22.9 Å². The normalized spacial score (nSPS) is 36.4.